The van der Waals surface area contributed by atoms with Gasteiger partial charge in [0.1, 0.15) is 12.4 Å². The van der Waals surface area contributed by atoms with Gasteiger partial charge in [-0.05, 0) is 6.42 Å². The van der Waals surface area contributed by atoms with Gasteiger partial charge in [-0.15, -0.1) is 0 Å². The number of hydrogen-bond acceptors (Lipinski definition) is 3. The molecule has 2 N–H and O–H groups in total. The number of nitrogens with one attached hydrogen (secondary N) is 1. The molecule has 0 aliphatic heterocycles. The summed E-state index contributed by atoms with van der Waals surface area (Å²) in [5.41, 5.74) is 0. The van der Waals surface area contributed by atoms with Crippen molar-refractivity contribution in [2.24, 2.45) is 5.92 Å². The summed E-state index contributed by atoms with van der Waals surface area (Å²) in [6, 6.07) is 0. The van der Waals surface area contributed by atoms with Crippen LogP contribution in [0.2, 0.25) is 0 Å². The molecule has 4 nitrogen and oxygen atoms in total. The fourth-order valence-electron chi connectivity index (χ4n) is 0.736. The molecule has 0 saturated heterocycles. The van der Waals surface area contributed by atoms with Crippen molar-refractivity contribution in [3.05, 3.63) is 0 Å². The zero-order chi connectivity index (χ0) is 8.85. The summed E-state index contributed by atoms with van der Waals surface area (Å²) < 4.78 is 0. The highest BCUT2D eigenvalue weighted by Gasteiger charge is 2.22. The monoisotopic (exact) mass is 159 g/mol. The van der Waals surface area contributed by atoms with Gasteiger partial charge in [0.25, 0.3) is 0 Å². The summed E-state index contributed by atoms with van der Waals surface area (Å²) >= 11 is 0. The highest BCUT2D eigenvalue weighted by molar-refractivity contribution is 5.83. The molecule has 1 amide bonds. The Morgan fingerprint density at radius 2 is 2.27 bits per heavy atom. The smallest absolute Gasteiger partial charge is 0.249 e. The minimum atomic E-state index is -1.21. The zero-order valence-corrected chi connectivity index (χ0v) is 6.70. The van der Waals surface area contributed by atoms with E-state index in [9.17, 15) is 9.59 Å². The fraction of sp³-hybridized carbons (Fsp3) is 0.714. The Morgan fingerprint density at radius 1 is 1.73 bits per heavy atom. The average molecular weight is 159 g/mol. The van der Waals surface area contributed by atoms with Gasteiger partial charge in [-0.3, -0.25) is 4.79 Å². The van der Waals surface area contributed by atoms with E-state index in [4.69, 9.17) is 5.11 Å². The van der Waals surface area contributed by atoms with Gasteiger partial charge in [-0.1, -0.05) is 6.92 Å². The quantitative estimate of drug-likeness (QED) is 0.534. The first-order valence-corrected chi connectivity index (χ1v) is 3.52. The maximum Gasteiger partial charge on any atom is 0.249 e. The predicted molar refractivity (Wildman–Crippen MR) is 39.9 cm³/mol. The second kappa shape index (κ2) is 4.85. The molecule has 2 unspecified atom stereocenters. The van der Waals surface area contributed by atoms with E-state index in [1.54, 1.807) is 6.92 Å². The zero-order valence-electron chi connectivity index (χ0n) is 6.70. The summed E-state index contributed by atoms with van der Waals surface area (Å²) in [6.07, 6.45) is -0.139. The Balaban J connectivity index is 4.07. The lowest BCUT2D eigenvalue weighted by molar-refractivity contribution is -0.134. The Morgan fingerprint density at radius 3 is 2.55 bits per heavy atom. The maximum absolute atomic E-state index is 10.8. The minimum Gasteiger partial charge on any atom is -0.383 e. The second-order valence-corrected chi connectivity index (χ2v) is 2.27. The molecule has 0 spiro atoms. The number of likely N-dealkylation sites (N-methyl/N-ethyl adjacent to an activating group) is 1. The topological polar surface area (TPSA) is 66.4 Å². The molecule has 0 fully saturated rings. The third kappa shape index (κ3) is 2.67. The van der Waals surface area contributed by atoms with Crippen LogP contribution in [0.3, 0.4) is 0 Å². The molecule has 2 atom stereocenters. The van der Waals surface area contributed by atoms with E-state index in [-0.39, 0.29) is 0 Å². The van der Waals surface area contributed by atoms with Gasteiger partial charge in [0, 0.05) is 13.0 Å². The number of aldehydes is 1. The average Bonchev–Trinajstić information content (AvgIpc) is 2.05. The van der Waals surface area contributed by atoms with Crippen LogP contribution in [0.25, 0.3) is 0 Å². The summed E-state index contributed by atoms with van der Waals surface area (Å²) in [6.45, 7) is 1.74. The Bertz CT molecular complexity index is 147. The van der Waals surface area contributed by atoms with Crippen molar-refractivity contribution in [1.29, 1.82) is 0 Å². The van der Waals surface area contributed by atoms with Gasteiger partial charge in [0.2, 0.25) is 5.91 Å². The van der Waals surface area contributed by atoms with Crippen LogP contribution in [-0.2, 0) is 9.59 Å². The van der Waals surface area contributed by atoms with E-state index in [1.165, 1.54) is 7.05 Å². The van der Waals surface area contributed by atoms with Crippen LogP contribution in [0.1, 0.15) is 13.3 Å². The predicted octanol–water partition coefficient (Wildman–Crippen LogP) is -0.682. The molecular formula is C7H13NO3. The summed E-state index contributed by atoms with van der Waals surface area (Å²) in [4.78, 5) is 21.0. The number of rotatable bonds is 4. The molecule has 0 rings (SSSR count). The summed E-state index contributed by atoms with van der Waals surface area (Å²) in [7, 11) is 1.42. The van der Waals surface area contributed by atoms with E-state index in [1.807, 2.05) is 0 Å². The molecule has 0 radical (unpaired) electrons. The summed E-state index contributed by atoms with van der Waals surface area (Å²) in [5, 5.41) is 11.4. The lowest BCUT2D eigenvalue weighted by Gasteiger charge is -2.13. The molecule has 0 aliphatic carbocycles. The molecular weight excluding hydrogens is 146 g/mol. The van der Waals surface area contributed by atoms with Crippen molar-refractivity contribution >= 4 is 12.2 Å². The van der Waals surface area contributed by atoms with E-state index < -0.39 is 17.9 Å². The number of hydrogen-bond donors (Lipinski definition) is 2. The van der Waals surface area contributed by atoms with E-state index >= 15 is 0 Å². The number of aliphatic hydroxyl groups excluding tert-OH is 1. The number of aliphatic hydroxyl groups is 1. The van der Waals surface area contributed by atoms with E-state index in [0.29, 0.717) is 12.7 Å². The molecule has 0 saturated carbocycles. The van der Waals surface area contributed by atoms with Crippen molar-refractivity contribution in [1.82, 2.24) is 5.32 Å². The number of amides is 1. The second-order valence-electron chi connectivity index (χ2n) is 2.27. The van der Waals surface area contributed by atoms with Crippen molar-refractivity contribution < 1.29 is 14.7 Å². The van der Waals surface area contributed by atoms with Gasteiger partial charge in [-0.2, -0.15) is 0 Å². The third-order valence-corrected chi connectivity index (χ3v) is 1.57. The van der Waals surface area contributed by atoms with Gasteiger partial charge in [0.15, 0.2) is 0 Å². The molecule has 0 heterocycles. The molecule has 11 heavy (non-hydrogen) atoms. The Hall–Kier alpha value is -0.900. The van der Waals surface area contributed by atoms with Crippen LogP contribution in [0.4, 0.5) is 0 Å². The van der Waals surface area contributed by atoms with Gasteiger partial charge in [0.05, 0.1) is 0 Å². The van der Waals surface area contributed by atoms with Gasteiger partial charge in [-0.25, -0.2) is 0 Å². The molecule has 4 heteroatoms. The molecule has 0 aliphatic rings. The van der Waals surface area contributed by atoms with Crippen molar-refractivity contribution in [2.75, 3.05) is 7.05 Å². The molecule has 0 aromatic carbocycles. The van der Waals surface area contributed by atoms with Crippen LogP contribution in [0, 0.1) is 5.92 Å². The maximum atomic E-state index is 10.8. The van der Waals surface area contributed by atoms with Crippen LogP contribution in [0.5, 0.6) is 0 Å². The van der Waals surface area contributed by atoms with Gasteiger partial charge >= 0.3 is 0 Å². The highest BCUT2D eigenvalue weighted by atomic mass is 16.3. The first kappa shape index (κ1) is 10.1. The minimum absolute atomic E-state index is 0.470. The fourth-order valence-corrected chi connectivity index (χ4v) is 0.736. The van der Waals surface area contributed by atoms with Crippen LogP contribution < -0.4 is 5.32 Å². The highest BCUT2D eigenvalue weighted by Crippen LogP contribution is 2.04. The first-order valence-electron chi connectivity index (χ1n) is 3.52. The Kier molecular flexibility index (Phi) is 4.45. The van der Waals surface area contributed by atoms with Crippen molar-refractivity contribution in [2.45, 2.75) is 19.4 Å². The standard InChI is InChI=1S/C7H13NO3/c1-3-5(4-9)6(10)7(11)8-2/h4-6,10H,3H2,1-2H3,(H,8,11). The molecule has 0 aromatic rings. The van der Waals surface area contributed by atoms with Crippen molar-refractivity contribution in [3.8, 4) is 0 Å². The largest absolute Gasteiger partial charge is 0.383 e. The molecule has 0 bridgehead atoms. The number of carbonyl (C=O) groups excluding carboxylic acids is 2. The molecule has 0 aromatic heterocycles. The van der Waals surface area contributed by atoms with Crippen LogP contribution in [0.15, 0.2) is 0 Å². The van der Waals surface area contributed by atoms with Crippen LogP contribution in [-0.4, -0.2) is 30.5 Å². The SMILES string of the molecule is CCC(C=O)C(O)C(=O)NC. The van der Waals surface area contributed by atoms with Crippen LogP contribution >= 0.6 is 0 Å². The van der Waals surface area contributed by atoms with E-state index in [0.717, 1.165) is 0 Å². The van der Waals surface area contributed by atoms with E-state index in [2.05, 4.69) is 5.32 Å². The lowest BCUT2D eigenvalue weighted by atomic mass is 10.0. The first-order chi connectivity index (χ1) is 5.17. The van der Waals surface area contributed by atoms with Crippen molar-refractivity contribution in [3.63, 3.8) is 0 Å². The van der Waals surface area contributed by atoms with Gasteiger partial charge < -0.3 is 15.2 Å². The normalized spacial score (nSPS) is 15.2. The molecule has 64 valence electrons. The number of carbonyl (C=O) groups is 2. The third-order valence-electron chi connectivity index (χ3n) is 1.57. The lowest BCUT2D eigenvalue weighted by Crippen LogP contribution is -2.37. The summed E-state index contributed by atoms with van der Waals surface area (Å²) in [5.74, 6) is -1.10. The Labute approximate surface area is 65.6 Å².